The Kier molecular flexibility index (Phi) is 6.96. The summed E-state index contributed by atoms with van der Waals surface area (Å²) in [5.41, 5.74) is -0.890. The highest BCUT2D eigenvalue weighted by Crippen LogP contribution is 2.57. The van der Waals surface area contributed by atoms with E-state index in [2.05, 4.69) is 14.0 Å². The third-order valence-corrected chi connectivity index (χ3v) is 7.23. The zero-order chi connectivity index (χ0) is 25.5. The van der Waals surface area contributed by atoms with Crippen LogP contribution in [0.5, 0.6) is 0 Å². The molecule has 1 aromatic carbocycles. The van der Waals surface area contributed by atoms with Gasteiger partial charge in [-0.05, 0) is 12.1 Å². The lowest BCUT2D eigenvalue weighted by molar-refractivity contribution is -0.0547. The molecular weight excluding hydrogens is 516 g/mol. The molecular formula is C17H19N3O13P2. The number of benzene rings is 1. The predicted octanol–water partition coefficient (Wildman–Crippen LogP) is -0.955. The van der Waals surface area contributed by atoms with Crippen LogP contribution in [0.2, 0.25) is 0 Å². The van der Waals surface area contributed by atoms with Gasteiger partial charge < -0.3 is 34.2 Å². The molecule has 1 aliphatic rings. The number of phosphoric ester groups is 1. The van der Waals surface area contributed by atoms with Crippen LogP contribution < -0.4 is 11.2 Å². The van der Waals surface area contributed by atoms with Gasteiger partial charge in [0.2, 0.25) is 0 Å². The Morgan fingerprint density at radius 2 is 1.77 bits per heavy atom. The van der Waals surface area contributed by atoms with Crippen LogP contribution >= 0.6 is 15.6 Å². The normalized spacial score (nSPS) is 24.6. The zero-order valence-electron chi connectivity index (χ0n) is 17.4. The van der Waals surface area contributed by atoms with Crippen molar-refractivity contribution in [3.63, 3.8) is 0 Å². The number of ether oxygens (including phenoxy) is 1. The number of phosphoric acid groups is 2. The van der Waals surface area contributed by atoms with E-state index < -0.39 is 58.0 Å². The van der Waals surface area contributed by atoms with E-state index >= 15 is 0 Å². The number of nitrogens with zero attached hydrogens (tertiary/aromatic N) is 3. The van der Waals surface area contributed by atoms with Crippen molar-refractivity contribution >= 4 is 26.6 Å². The second-order valence-electron chi connectivity index (χ2n) is 7.44. The summed E-state index contributed by atoms with van der Waals surface area (Å²) in [5, 5.41) is 25.1. The summed E-state index contributed by atoms with van der Waals surface area (Å²) in [6.07, 6.45) is -5.53. The van der Waals surface area contributed by atoms with E-state index in [4.69, 9.17) is 19.0 Å². The Bertz CT molecular complexity index is 1440. The van der Waals surface area contributed by atoms with E-state index in [9.17, 15) is 33.8 Å². The third kappa shape index (κ3) is 5.52. The molecule has 18 heteroatoms. The van der Waals surface area contributed by atoms with Crippen LogP contribution in [0.25, 0.3) is 11.0 Å². The highest BCUT2D eigenvalue weighted by Gasteiger charge is 2.46. The highest BCUT2D eigenvalue weighted by atomic mass is 31.3. The molecule has 16 nitrogen and oxygen atoms in total. The Morgan fingerprint density at radius 3 is 2.49 bits per heavy atom. The first kappa shape index (κ1) is 25.6. The lowest BCUT2D eigenvalue weighted by Gasteiger charge is -2.19. The van der Waals surface area contributed by atoms with E-state index in [1.54, 1.807) is 24.3 Å². The van der Waals surface area contributed by atoms with Crippen LogP contribution in [-0.4, -0.2) is 64.1 Å². The second kappa shape index (κ2) is 9.52. The second-order valence-corrected chi connectivity index (χ2v) is 10.3. The molecule has 0 amide bonds. The molecule has 1 saturated heterocycles. The van der Waals surface area contributed by atoms with Gasteiger partial charge in [0.15, 0.2) is 11.8 Å². The summed E-state index contributed by atoms with van der Waals surface area (Å²) in [5.74, 6) is 0. The zero-order valence-corrected chi connectivity index (χ0v) is 19.2. The maximum absolute atomic E-state index is 13.0. The maximum atomic E-state index is 13.0. The van der Waals surface area contributed by atoms with Crippen LogP contribution in [0, 0.1) is 0 Å². The molecule has 1 aliphatic heterocycles. The summed E-state index contributed by atoms with van der Waals surface area (Å²) in [6.45, 7) is -1.22. The molecule has 190 valence electrons. The SMILES string of the molecule is O=c1ccn([C@@H]2O[C@H](COP(=O)(O)OP(=O)(O)O)[C@H](O)[C@@H]2O)c(=O)n1Cc1noc2ccccc12. The minimum absolute atomic E-state index is 0.277. The third-order valence-electron chi connectivity index (χ3n) is 5.08. The van der Waals surface area contributed by atoms with Gasteiger partial charge in [-0.3, -0.25) is 18.5 Å². The molecule has 0 radical (unpaired) electrons. The van der Waals surface area contributed by atoms with Gasteiger partial charge in [-0.2, -0.15) is 4.31 Å². The fourth-order valence-electron chi connectivity index (χ4n) is 3.49. The lowest BCUT2D eigenvalue weighted by atomic mass is 10.1. The number of fused-ring (bicyclic) bond motifs is 1. The van der Waals surface area contributed by atoms with Crippen molar-refractivity contribution in [2.45, 2.75) is 31.1 Å². The molecule has 5 N–H and O–H groups in total. The van der Waals surface area contributed by atoms with Gasteiger partial charge in [0, 0.05) is 17.6 Å². The van der Waals surface area contributed by atoms with Crippen LogP contribution in [0.1, 0.15) is 11.9 Å². The number of hydrogen-bond donors (Lipinski definition) is 5. The van der Waals surface area contributed by atoms with E-state index in [-0.39, 0.29) is 6.54 Å². The summed E-state index contributed by atoms with van der Waals surface area (Å²) >= 11 is 0. The fourth-order valence-corrected chi connectivity index (χ4v) is 5.09. The molecule has 1 fully saturated rings. The Hall–Kier alpha value is -2.49. The number of aliphatic hydroxyl groups excluding tert-OH is 2. The largest absolute Gasteiger partial charge is 0.481 e. The Balaban J connectivity index is 1.56. The van der Waals surface area contributed by atoms with Crippen molar-refractivity contribution in [2.24, 2.45) is 0 Å². The minimum Gasteiger partial charge on any atom is -0.387 e. The van der Waals surface area contributed by atoms with E-state index in [1.165, 1.54) is 0 Å². The minimum atomic E-state index is -5.37. The van der Waals surface area contributed by atoms with Gasteiger partial charge in [-0.15, -0.1) is 0 Å². The number of aliphatic hydroxyl groups is 2. The number of rotatable bonds is 8. The standard InChI is InChI=1S/C17H19N3O13P2/c21-13-5-6-19(17(24)20(13)7-10-9-3-1-2-4-11(9)32-18-10)16-15(23)14(22)12(31-16)8-30-35(28,29)33-34(25,26)27/h1-6,12,14-16,22-23H,7-8H2,(H,28,29)(H2,25,26,27)/t12-,14+,15+,16-/m1/s1. The van der Waals surface area contributed by atoms with E-state index in [1.807, 2.05) is 0 Å². The van der Waals surface area contributed by atoms with Crippen molar-refractivity contribution in [2.75, 3.05) is 6.61 Å². The van der Waals surface area contributed by atoms with Gasteiger partial charge >= 0.3 is 21.3 Å². The smallest absolute Gasteiger partial charge is 0.387 e. The van der Waals surface area contributed by atoms with Gasteiger partial charge in [0.05, 0.1) is 13.2 Å². The molecule has 35 heavy (non-hydrogen) atoms. The van der Waals surface area contributed by atoms with Crippen molar-refractivity contribution in [1.29, 1.82) is 0 Å². The average Bonchev–Trinajstić information content (AvgIpc) is 3.30. The van der Waals surface area contributed by atoms with Crippen molar-refractivity contribution in [1.82, 2.24) is 14.3 Å². The van der Waals surface area contributed by atoms with Crippen molar-refractivity contribution in [3.8, 4) is 0 Å². The number of hydrogen-bond acceptors (Lipinski definition) is 11. The first-order chi connectivity index (χ1) is 16.4. The van der Waals surface area contributed by atoms with Crippen molar-refractivity contribution in [3.05, 3.63) is 63.1 Å². The molecule has 0 aliphatic carbocycles. The summed E-state index contributed by atoms with van der Waals surface area (Å²) in [6, 6.07) is 7.80. The summed E-state index contributed by atoms with van der Waals surface area (Å²) in [7, 11) is -10.6. The summed E-state index contributed by atoms with van der Waals surface area (Å²) < 4.78 is 42.6. The first-order valence-corrected chi connectivity index (χ1v) is 12.8. The monoisotopic (exact) mass is 535 g/mol. The summed E-state index contributed by atoms with van der Waals surface area (Å²) in [4.78, 5) is 52.1. The van der Waals surface area contributed by atoms with E-state index in [0.29, 0.717) is 16.7 Å². The molecule has 2 aromatic heterocycles. The molecule has 0 saturated carbocycles. The van der Waals surface area contributed by atoms with Crippen molar-refractivity contribution < 1.29 is 52.1 Å². The van der Waals surface area contributed by atoms with Gasteiger partial charge in [-0.25, -0.2) is 13.9 Å². The predicted molar refractivity (Wildman–Crippen MR) is 113 cm³/mol. The Labute approximate surface area is 194 Å². The molecule has 4 rings (SSSR count). The van der Waals surface area contributed by atoms with Gasteiger partial charge in [0.25, 0.3) is 5.56 Å². The maximum Gasteiger partial charge on any atom is 0.481 e. The Morgan fingerprint density at radius 1 is 1.06 bits per heavy atom. The fraction of sp³-hybridized carbons (Fsp3) is 0.353. The quantitative estimate of drug-likeness (QED) is 0.219. The topological polar surface area (TPSA) is 233 Å². The highest BCUT2D eigenvalue weighted by molar-refractivity contribution is 7.60. The van der Waals surface area contributed by atoms with E-state index in [0.717, 1.165) is 21.4 Å². The van der Waals surface area contributed by atoms with Crippen LogP contribution in [0.3, 0.4) is 0 Å². The molecule has 0 spiro atoms. The molecule has 5 atom stereocenters. The van der Waals surface area contributed by atoms with Gasteiger partial charge in [-0.1, -0.05) is 17.3 Å². The number of para-hydroxylation sites is 1. The van der Waals surface area contributed by atoms with Gasteiger partial charge in [0.1, 0.15) is 24.0 Å². The van der Waals surface area contributed by atoms with Crippen LogP contribution in [0.4, 0.5) is 0 Å². The van der Waals surface area contributed by atoms with Crippen LogP contribution in [-0.2, 0) is 29.2 Å². The average molecular weight is 535 g/mol. The first-order valence-electron chi connectivity index (χ1n) is 9.77. The van der Waals surface area contributed by atoms with Crippen LogP contribution in [0.15, 0.2) is 50.6 Å². The molecule has 3 aromatic rings. The molecule has 1 unspecified atom stereocenters. The molecule has 3 heterocycles. The lowest BCUT2D eigenvalue weighted by Crippen LogP contribution is -2.43. The molecule has 0 bridgehead atoms. The number of aromatic nitrogens is 3.